The lowest BCUT2D eigenvalue weighted by Crippen LogP contribution is -2.23. The van der Waals surface area contributed by atoms with Crippen LogP contribution in [0, 0.1) is 6.92 Å². The van der Waals surface area contributed by atoms with Crippen LogP contribution < -0.4 is 14.8 Å². The third kappa shape index (κ3) is 5.80. The van der Waals surface area contributed by atoms with Crippen LogP contribution in [0.15, 0.2) is 47.4 Å². The Kier molecular flexibility index (Phi) is 7.13. The van der Waals surface area contributed by atoms with Crippen LogP contribution in [0.4, 0.5) is 5.69 Å². The quantitative estimate of drug-likeness (QED) is 0.645. The number of ether oxygens (including phenoxy) is 2. The first-order valence-electron chi connectivity index (χ1n) is 8.38. The number of benzene rings is 2. The maximum atomic E-state index is 12.0. The number of methoxy groups -OCH3 is 1. The van der Waals surface area contributed by atoms with Gasteiger partial charge in [-0.1, -0.05) is 18.2 Å². The average molecular weight is 406 g/mol. The van der Waals surface area contributed by atoms with Crippen LogP contribution in [0.25, 0.3) is 0 Å². The summed E-state index contributed by atoms with van der Waals surface area (Å²) in [5.41, 5.74) is 1.56. The van der Waals surface area contributed by atoms with E-state index in [2.05, 4.69) is 10.0 Å². The van der Waals surface area contributed by atoms with Crippen molar-refractivity contribution < 1.29 is 27.5 Å². The molecule has 9 heteroatoms. The van der Waals surface area contributed by atoms with Crippen molar-refractivity contribution in [3.05, 3.63) is 53.6 Å². The van der Waals surface area contributed by atoms with E-state index in [0.717, 1.165) is 5.56 Å². The van der Waals surface area contributed by atoms with Crippen molar-refractivity contribution in [1.29, 1.82) is 0 Å². The van der Waals surface area contributed by atoms with E-state index in [1.54, 1.807) is 50.4 Å². The molecule has 0 aromatic heterocycles. The summed E-state index contributed by atoms with van der Waals surface area (Å²) in [6.07, 6.45) is 0.0202. The molecule has 0 bridgehead atoms. The molecule has 2 N–H and O–H groups in total. The highest BCUT2D eigenvalue weighted by Crippen LogP contribution is 2.20. The molecule has 28 heavy (non-hydrogen) atoms. The number of esters is 1. The van der Waals surface area contributed by atoms with Crippen LogP contribution in [0.2, 0.25) is 0 Å². The van der Waals surface area contributed by atoms with Crippen molar-refractivity contribution in [1.82, 2.24) is 4.72 Å². The molecule has 2 rings (SSSR count). The van der Waals surface area contributed by atoms with Gasteiger partial charge in [0.15, 0.2) is 6.61 Å². The third-order valence-electron chi connectivity index (χ3n) is 3.90. The number of hydrogen-bond donors (Lipinski definition) is 2. The predicted octanol–water partition coefficient (Wildman–Crippen LogP) is 1.64. The molecule has 0 radical (unpaired) electrons. The van der Waals surface area contributed by atoms with Gasteiger partial charge in [0.25, 0.3) is 5.91 Å². The summed E-state index contributed by atoms with van der Waals surface area (Å²) in [4.78, 5) is 23.9. The minimum absolute atomic E-state index is 0.0202. The van der Waals surface area contributed by atoms with Crippen LogP contribution in [0.5, 0.6) is 5.75 Å². The Hall–Kier alpha value is -2.91. The zero-order valence-corrected chi connectivity index (χ0v) is 16.6. The second kappa shape index (κ2) is 9.34. The Morgan fingerprint density at radius 2 is 1.75 bits per heavy atom. The Bertz CT molecular complexity index is 955. The van der Waals surface area contributed by atoms with Crippen molar-refractivity contribution in [3.63, 3.8) is 0 Å². The van der Waals surface area contributed by atoms with Crippen molar-refractivity contribution >= 4 is 27.6 Å². The number of aryl methyl sites for hydroxylation is 1. The fourth-order valence-corrected chi connectivity index (χ4v) is 3.38. The van der Waals surface area contributed by atoms with E-state index < -0.39 is 28.5 Å². The van der Waals surface area contributed by atoms with Crippen molar-refractivity contribution in [3.8, 4) is 5.75 Å². The van der Waals surface area contributed by atoms with Gasteiger partial charge in [0.2, 0.25) is 10.0 Å². The Balaban J connectivity index is 1.91. The SMILES string of the molecule is CNS(=O)(=O)c1cc(NC(=O)COC(=O)Cc2ccc(OC)cc2)ccc1C. The Morgan fingerprint density at radius 1 is 1.07 bits per heavy atom. The summed E-state index contributed by atoms with van der Waals surface area (Å²) in [5.74, 6) is -0.448. The van der Waals surface area contributed by atoms with Gasteiger partial charge in [-0.2, -0.15) is 0 Å². The van der Waals surface area contributed by atoms with E-state index in [0.29, 0.717) is 11.3 Å². The highest BCUT2D eigenvalue weighted by atomic mass is 32.2. The number of carbonyl (C=O) groups is 2. The fourth-order valence-electron chi connectivity index (χ4n) is 2.38. The lowest BCUT2D eigenvalue weighted by molar-refractivity contribution is -0.146. The van der Waals surface area contributed by atoms with Gasteiger partial charge >= 0.3 is 5.97 Å². The topological polar surface area (TPSA) is 111 Å². The molecule has 0 aliphatic carbocycles. The van der Waals surface area contributed by atoms with Gasteiger partial charge in [-0.25, -0.2) is 13.1 Å². The standard InChI is InChI=1S/C19H22N2O6S/c1-13-4-7-15(11-17(13)28(24,25)20-2)21-18(22)12-27-19(23)10-14-5-8-16(26-3)9-6-14/h4-9,11,20H,10,12H2,1-3H3,(H,21,22). The second-order valence-corrected chi connectivity index (χ2v) is 7.78. The van der Waals surface area contributed by atoms with Gasteiger partial charge in [-0.3, -0.25) is 9.59 Å². The number of rotatable bonds is 8. The highest BCUT2D eigenvalue weighted by Gasteiger charge is 2.16. The molecule has 8 nitrogen and oxygen atoms in total. The second-order valence-electron chi connectivity index (χ2n) is 5.92. The van der Waals surface area contributed by atoms with E-state index in [1.165, 1.54) is 13.1 Å². The maximum absolute atomic E-state index is 12.0. The van der Waals surface area contributed by atoms with E-state index >= 15 is 0 Å². The number of carbonyl (C=O) groups excluding carboxylic acids is 2. The molecule has 0 aliphatic heterocycles. The fraction of sp³-hybridized carbons (Fsp3) is 0.263. The average Bonchev–Trinajstić information content (AvgIpc) is 2.68. The normalized spacial score (nSPS) is 11.0. The molecule has 0 heterocycles. The van der Waals surface area contributed by atoms with Gasteiger partial charge in [0.1, 0.15) is 5.75 Å². The summed E-state index contributed by atoms with van der Waals surface area (Å²) in [6.45, 7) is 1.17. The monoisotopic (exact) mass is 406 g/mol. The Labute approximate surface area is 163 Å². The molecular formula is C19H22N2O6S. The molecule has 2 aromatic rings. The van der Waals surface area contributed by atoms with Crippen LogP contribution in [0.3, 0.4) is 0 Å². The van der Waals surface area contributed by atoms with E-state index in [9.17, 15) is 18.0 Å². The molecule has 0 aliphatic rings. The van der Waals surface area contributed by atoms with Crippen LogP contribution in [-0.4, -0.2) is 41.1 Å². The minimum Gasteiger partial charge on any atom is -0.497 e. The van der Waals surface area contributed by atoms with E-state index in [4.69, 9.17) is 9.47 Å². The summed E-state index contributed by atoms with van der Waals surface area (Å²) < 4.78 is 36.2. The number of nitrogens with one attached hydrogen (secondary N) is 2. The van der Waals surface area contributed by atoms with Crippen LogP contribution in [-0.2, 0) is 30.8 Å². The first kappa shape index (κ1) is 21.4. The van der Waals surface area contributed by atoms with Gasteiger partial charge in [-0.15, -0.1) is 0 Å². The van der Waals surface area contributed by atoms with Crippen molar-refractivity contribution in [2.45, 2.75) is 18.2 Å². The smallest absolute Gasteiger partial charge is 0.310 e. The zero-order chi connectivity index (χ0) is 20.7. The van der Waals surface area contributed by atoms with Gasteiger partial charge in [-0.05, 0) is 49.4 Å². The van der Waals surface area contributed by atoms with Crippen molar-refractivity contribution in [2.75, 3.05) is 26.1 Å². The molecular weight excluding hydrogens is 384 g/mol. The summed E-state index contributed by atoms with van der Waals surface area (Å²) in [5, 5.41) is 2.52. The molecule has 0 fully saturated rings. The highest BCUT2D eigenvalue weighted by molar-refractivity contribution is 7.89. The summed E-state index contributed by atoms with van der Waals surface area (Å²) in [6, 6.07) is 11.4. The maximum Gasteiger partial charge on any atom is 0.310 e. The van der Waals surface area contributed by atoms with Crippen molar-refractivity contribution in [2.24, 2.45) is 0 Å². The molecule has 0 atom stereocenters. The number of sulfonamides is 1. The molecule has 150 valence electrons. The Morgan fingerprint density at radius 3 is 2.36 bits per heavy atom. The zero-order valence-electron chi connectivity index (χ0n) is 15.8. The lowest BCUT2D eigenvalue weighted by Gasteiger charge is -2.11. The molecule has 1 amide bonds. The summed E-state index contributed by atoms with van der Waals surface area (Å²) >= 11 is 0. The van der Waals surface area contributed by atoms with E-state index in [1.807, 2.05) is 0 Å². The minimum atomic E-state index is -3.65. The largest absolute Gasteiger partial charge is 0.497 e. The molecule has 0 spiro atoms. The third-order valence-corrected chi connectivity index (χ3v) is 5.46. The lowest BCUT2D eigenvalue weighted by atomic mass is 10.1. The predicted molar refractivity (Wildman–Crippen MR) is 104 cm³/mol. The number of amides is 1. The van der Waals surface area contributed by atoms with Crippen LogP contribution in [0.1, 0.15) is 11.1 Å². The van der Waals surface area contributed by atoms with Gasteiger partial charge in [0.05, 0.1) is 18.4 Å². The molecule has 0 unspecified atom stereocenters. The first-order valence-corrected chi connectivity index (χ1v) is 9.86. The number of hydrogen-bond acceptors (Lipinski definition) is 6. The summed E-state index contributed by atoms with van der Waals surface area (Å²) in [7, 11) is -0.792. The first-order chi connectivity index (χ1) is 13.2. The molecule has 2 aromatic carbocycles. The number of anilines is 1. The van der Waals surface area contributed by atoms with Crippen LogP contribution >= 0.6 is 0 Å². The van der Waals surface area contributed by atoms with Gasteiger partial charge < -0.3 is 14.8 Å². The molecule has 0 saturated heterocycles. The van der Waals surface area contributed by atoms with E-state index in [-0.39, 0.29) is 17.0 Å². The van der Waals surface area contributed by atoms with Gasteiger partial charge in [0, 0.05) is 5.69 Å². The molecule has 0 saturated carbocycles.